The first kappa shape index (κ1) is 16.0. The summed E-state index contributed by atoms with van der Waals surface area (Å²) in [5, 5.41) is 20.9. The van der Waals surface area contributed by atoms with Crippen molar-refractivity contribution < 1.29 is 9.90 Å². The fourth-order valence-corrected chi connectivity index (χ4v) is 2.14. The van der Waals surface area contributed by atoms with Gasteiger partial charge in [0.15, 0.2) is 0 Å². The van der Waals surface area contributed by atoms with E-state index in [1.807, 2.05) is 0 Å². The van der Waals surface area contributed by atoms with Crippen molar-refractivity contribution in [2.45, 2.75) is 33.1 Å². The Labute approximate surface area is 119 Å². The van der Waals surface area contributed by atoms with Gasteiger partial charge in [-0.15, -0.1) is 0 Å². The molecule has 1 rings (SSSR count). The summed E-state index contributed by atoms with van der Waals surface area (Å²) in [5.41, 5.74) is 1.31. The van der Waals surface area contributed by atoms with Crippen LogP contribution < -0.4 is 5.32 Å². The van der Waals surface area contributed by atoms with Crippen molar-refractivity contribution in [2.75, 3.05) is 11.9 Å². The van der Waals surface area contributed by atoms with E-state index < -0.39 is 5.97 Å². The van der Waals surface area contributed by atoms with Crippen LogP contribution in [0.3, 0.4) is 0 Å². The normalized spacial score (nSPS) is 11.9. The summed E-state index contributed by atoms with van der Waals surface area (Å²) >= 11 is 0. The molecule has 0 aliphatic rings. The minimum atomic E-state index is -0.748. The number of nitrogens with zero attached hydrogens (tertiary/aromatic N) is 2. The molecule has 1 aromatic rings. The molecular formula is C15H21N3O2. The van der Waals surface area contributed by atoms with Gasteiger partial charge in [0.1, 0.15) is 6.07 Å². The summed E-state index contributed by atoms with van der Waals surface area (Å²) in [7, 11) is 0. The predicted molar refractivity (Wildman–Crippen MR) is 77.3 cm³/mol. The average molecular weight is 275 g/mol. The third-order valence-corrected chi connectivity index (χ3v) is 3.44. The van der Waals surface area contributed by atoms with Crippen LogP contribution in [0.1, 0.15) is 38.7 Å². The molecule has 0 spiro atoms. The Kier molecular flexibility index (Phi) is 6.51. The Bertz CT molecular complexity index is 480. The van der Waals surface area contributed by atoms with Crippen LogP contribution in [0.25, 0.3) is 0 Å². The first-order valence-corrected chi connectivity index (χ1v) is 6.84. The Hall–Kier alpha value is -2.09. The maximum atomic E-state index is 10.6. The molecule has 0 aliphatic carbocycles. The highest BCUT2D eigenvalue weighted by Gasteiger charge is 2.14. The molecule has 0 fully saturated rings. The van der Waals surface area contributed by atoms with Gasteiger partial charge in [-0.1, -0.05) is 13.8 Å². The van der Waals surface area contributed by atoms with Gasteiger partial charge in [0.2, 0.25) is 0 Å². The number of pyridine rings is 1. The number of hydrogen-bond donors (Lipinski definition) is 2. The molecule has 1 heterocycles. The molecule has 5 nitrogen and oxygen atoms in total. The number of nitrogens with one attached hydrogen (secondary N) is 1. The Morgan fingerprint density at radius 1 is 1.50 bits per heavy atom. The molecule has 0 bridgehead atoms. The molecule has 0 saturated heterocycles. The number of carboxylic acids is 1. The zero-order valence-electron chi connectivity index (χ0n) is 12.0. The third-order valence-electron chi connectivity index (χ3n) is 3.44. The molecule has 5 heteroatoms. The maximum absolute atomic E-state index is 10.6. The molecule has 0 radical (unpaired) electrons. The van der Waals surface area contributed by atoms with E-state index in [4.69, 9.17) is 10.4 Å². The molecule has 0 saturated carbocycles. The fraction of sp³-hybridized carbons (Fsp3) is 0.533. The highest BCUT2D eigenvalue weighted by atomic mass is 16.4. The SMILES string of the molecule is CC(C)C(CCNc1cnccc1C#N)CCC(=O)O. The maximum Gasteiger partial charge on any atom is 0.303 e. The van der Waals surface area contributed by atoms with E-state index >= 15 is 0 Å². The lowest BCUT2D eigenvalue weighted by molar-refractivity contribution is -0.137. The highest BCUT2D eigenvalue weighted by Crippen LogP contribution is 2.21. The molecule has 108 valence electrons. The number of anilines is 1. The van der Waals surface area contributed by atoms with Gasteiger partial charge >= 0.3 is 5.97 Å². The van der Waals surface area contributed by atoms with Crippen molar-refractivity contribution >= 4 is 11.7 Å². The van der Waals surface area contributed by atoms with Crippen LogP contribution in [-0.2, 0) is 4.79 Å². The smallest absolute Gasteiger partial charge is 0.303 e. The first-order valence-electron chi connectivity index (χ1n) is 6.84. The molecule has 20 heavy (non-hydrogen) atoms. The lowest BCUT2D eigenvalue weighted by Crippen LogP contribution is -2.16. The van der Waals surface area contributed by atoms with Gasteiger partial charge in [0.05, 0.1) is 17.4 Å². The highest BCUT2D eigenvalue weighted by molar-refractivity contribution is 5.66. The molecule has 1 aromatic heterocycles. The number of nitriles is 1. The van der Waals surface area contributed by atoms with Gasteiger partial charge in [-0.05, 0) is 30.7 Å². The number of hydrogen-bond acceptors (Lipinski definition) is 4. The standard InChI is InChI=1S/C15H21N3O2/c1-11(2)12(3-4-15(19)20)6-8-18-14-10-17-7-5-13(14)9-16/h5,7,10-12,18H,3-4,6,8H2,1-2H3,(H,19,20). The second-order valence-corrected chi connectivity index (χ2v) is 5.19. The van der Waals surface area contributed by atoms with E-state index in [0.717, 1.165) is 12.1 Å². The third kappa shape index (κ3) is 5.27. The van der Waals surface area contributed by atoms with Crippen LogP contribution in [0.5, 0.6) is 0 Å². The van der Waals surface area contributed by atoms with Crippen molar-refractivity contribution in [1.82, 2.24) is 4.98 Å². The topological polar surface area (TPSA) is 86.0 Å². The zero-order chi connectivity index (χ0) is 15.0. The van der Waals surface area contributed by atoms with E-state index in [1.54, 1.807) is 18.5 Å². The average Bonchev–Trinajstić information content (AvgIpc) is 2.42. The van der Waals surface area contributed by atoms with Crippen LogP contribution in [0.15, 0.2) is 18.5 Å². The van der Waals surface area contributed by atoms with E-state index in [1.165, 1.54) is 0 Å². The summed E-state index contributed by atoms with van der Waals surface area (Å²) < 4.78 is 0. The number of rotatable bonds is 8. The van der Waals surface area contributed by atoms with E-state index in [9.17, 15) is 4.79 Å². The van der Waals surface area contributed by atoms with Gasteiger partial charge in [-0.2, -0.15) is 5.26 Å². The summed E-state index contributed by atoms with van der Waals surface area (Å²) in [4.78, 5) is 14.6. The summed E-state index contributed by atoms with van der Waals surface area (Å²) in [6.07, 6.45) is 5.00. The lowest BCUT2D eigenvalue weighted by atomic mass is 9.88. The molecule has 1 unspecified atom stereocenters. The molecule has 2 N–H and O–H groups in total. The predicted octanol–water partition coefficient (Wildman–Crippen LogP) is 2.89. The van der Waals surface area contributed by atoms with E-state index in [0.29, 0.717) is 30.4 Å². The minimum absolute atomic E-state index is 0.208. The minimum Gasteiger partial charge on any atom is -0.481 e. The molecule has 0 amide bonds. The van der Waals surface area contributed by atoms with Gasteiger partial charge in [-0.25, -0.2) is 0 Å². The molecule has 1 atom stereocenters. The number of aliphatic carboxylic acids is 1. The molecular weight excluding hydrogens is 254 g/mol. The molecule has 0 aromatic carbocycles. The Balaban J connectivity index is 2.48. The number of carboxylic acid groups (broad SMARTS) is 1. The van der Waals surface area contributed by atoms with Gasteiger partial charge < -0.3 is 10.4 Å². The number of carbonyl (C=O) groups is 1. The Morgan fingerprint density at radius 3 is 2.85 bits per heavy atom. The van der Waals surface area contributed by atoms with E-state index in [2.05, 4.69) is 30.2 Å². The van der Waals surface area contributed by atoms with Crippen molar-refractivity contribution in [3.63, 3.8) is 0 Å². The van der Waals surface area contributed by atoms with Crippen molar-refractivity contribution in [2.24, 2.45) is 11.8 Å². The second kappa shape index (κ2) is 8.16. The van der Waals surface area contributed by atoms with Crippen molar-refractivity contribution in [3.05, 3.63) is 24.0 Å². The second-order valence-electron chi connectivity index (χ2n) is 5.19. The fourth-order valence-electron chi connectivity index (χ4n) is 2.14. The summed E-state index contributed by atoms with van der Waals surface area (Å²) in [6.45, 7) is 4.93. The number of aromatic nitrogens is 1. The summed E-state index contributed by atoms with van der Waals surface area (Å²) in [5.74, 6) is 0.0592. The van der Waals surface area contributed by atoms with Crippen LogP contribution in [0.2, 0.25) is 0 Å². The monoisotopic (exact) mass is 275 g/mol. The zero-order valence-corrected chi connectivity index (χ0v) is 12.0. The summed E-state index contributed by atoms with van der Waals surface area (Å²) in [6, 6.07) is 3.79. The van der Waals surface area contributed by atoms with Crippen LogP contribution >= 0.6 is 0 Å². The van der Waals surface area contributed by atoms with E-state index in [-0.39, 0.29) is 6.42 Å². The van der Waals surface area contributed by atoms with Gasteiger partial charge in [0, 0.05) is 19.2 Å². The van der Waals surface area contributed by atoms with Gasteiger partial charge in [-0.3, -0.25) is 9.78 Å². The van der Waals surface area contributed by atoms with Crippen LogP contribution in [0.4, 0.5) is 5.69 Å². The van der Waals surface area contributed by atoms with Crippen molar-refractivity contribution in [3.8, 4) is 6.07 Å². The van der Waals surface area contributed by atoms with Crippen molar-refractivity contribution in [1.29, 1.82) is 5.26 Å². The largest absolute Gasteiger partial charge is 0.481 e. The van der Waals surface area contributed by atoms with Crippen LogP contribution in [0, 0.1) is 23.2 Å². The molecule has 0 aliphatic heterocycles. The van der Waals surface area contributed by atoms with Gasteiger partial charge in [0.25, 0.3) is 0 Å². The lowest BCUT2D eigenvalue weighted by Gasteiger charge is -2.20. The van der Waals surface area contributed by atoms with Crippen LogP contribution in [-0.4, -0.2) is 22.6 Å². The quantitative estimate of drug-likeness (QED) is 0.761. The Morgan fingerprint density at radius 2 is 2.25 bits per heavy atom. The first-order chi connectivity index (χ1) is 9.54.